The summed E-state index contributed by atoms with van der Waals surface area (Å²) in [6.07, 6.45) is 1.73. The molecule has 0 saturated heterocycles. The maximum absolute atomic E-state index is 13.5. The number of hydrogen-bond acceptors (Lipinski definition) is 3. The Morgan fingerprint density at radius 1 is 1.00 bits per heavy atom. The van der Waals surface area contributed by atoms with Crippen molar-refractivity contribution in [3.63, 3.8) is 0 Å². The van der Waals surface area contributed by atoms with Crippen LogP contribution in [0.1, 0.15) is 43.7 Å². The van der Waals surface area contributed by atoms with Crippen LogP contribution in [0.25, 0.3) is 0 Å². The van der Waals surface area contributed by atoms with Gasteiger partial charge in [0.1, 0.15) is 11.9 Å². The fourth-order valence-corrected chi connectivity index (χ4v) is 3.61. The molecule has 1 N–H and O–H groups in total. The molecule has 160 valence electrons. The largest absolute Gasteiger partial charge is 0.471 e. The Kier molecular flexibility index (Phi) is 6.69. The van der Waals surface area contributed by atoms with Crippen molar-refractivity contribution in [2.45, 2.75) is 50.4 Å². The Morgan fingerprint density at radius 3 is 2.17 bits per heavy atom. The fraction of sp³-hybridized carbons (Fsp3) is 0.381. The fourth-order valence-electron chi connectivity index (χ4n) is 3.61. The van der Waals surface area contributed by atoms with E-state index in [4.69, 9.17) is 0 Å². The van der Waals surface area contributed by atoms with Crippen LogP contribution in [0.2, 0.25) is 0 Å². The van der Waals surface area contributed by atoms with Crippen LogP contribution in [0.15, 0.2) is 48.8 Å². The lowest BCUT2D eigenvalue weighted by Crippen LogP contribution is -2.50. The first-order valence-corrected chi connectivity index (χ1v) is 9.63. The predicted octanol–water partition coefficient (Wildman–Crippen LogP) is 4.31. The highest BCUT2D eigenvalue weighted by atomic mass is 19.4. The van der Waals surface area contributed by atoms with Gasteiger partial charge in [0, 0.05) is 24.1 Å². The summed E-state index contributed by atoms with van der Waals surface area (Å²) >= 11 is 0. The third-order valence-corrected chi connectivity index (χ3v) is 5.05. The van der Waals surface area contributed by atoms with Gasteiger partial charge in [-0.25, -0.2) is 4.39 Å². The van der Waals surface area contributed by atoms with Crippen molar-refractivity contribution in [1.82, 2.24) is 10.3 Å². The zero-order valence-electron chi connectivity index (χ0n) is 16.0. The molecule has 0 unspecified atom stereocenters. The molecular weight excluding hydrogens is 402 g/mol. The number of anilines is 1. The van der Waals surface area contributed by atoms with Crippen molar-refractivity contribution in [3.8, 4) is 0 Å². The molecule has 0 bridgehead atoms. The van der Waals surface area contributed by atoms with Gasteiger partial charge in [-0.1, -0.05) is 19.3 Å². The number of carbonyl (C=O) groups is 2. The highest BCUT2D eigenvalue weighted by Gasteiger charge is 2.47. The number of amides is 2. The van der Waals surface area contributed by atoms with Crippen molar-refractivity contribution < 1.29 is 27.2 Å². The smallest absolute Gasteiger partial charge is 0.351 e. The van der Waals surface area contributed by atoms with Gasteiger partial charge in [0.15, 0.2) is 0 Å². The van der Waals surface area contributed by atoms with Gasteiger partial charge < -0.3 is 5.32 Å². The van der Waals surface area contributed by atoms with E-state index in [1.165, 1.54) is 24.5 Å². The average Bonchev–Trinajstić information content (AvgIpc) is 2.73. The van der Waals surface area contributed by atoms with E-state index in [-0.39, 0.29) is 17.3 Å². The van der Waals surface area contributed by atoms with Gasteiger partial charge in [0.2, 0.25) is 5.91 Å². The molecule has 3 rings (SSSR count). The number of benzene rings is 1. The minimum atomic E-state index is -5.23. The molecule has 30 heavy (non-hydrogen) atoms. The monoisotopic (exact) mass is 423 g/mol. The molecule has 1 saturated carbocycles. The molecule has 0 aliphatic heterocycles. The Labute approximate surface area is 171 Å². The second-order valence-corrected chi connectivity index (χ2v) is 7.18. The predicted molar refractivity (Wildman–Crippen MR) is 102 cm³/mol. The van der Waals surface area contributed by atoms with E-state index in [0.717, 1.165) is 56.4 Å². The van der Waals surface area contributed by atoms with E-state index in [1.54, 1.807) is 0 Å². The normalized spacial score (nSPS) is 16.0. The van der Waals surface area contributed by atoms with Gasteiger partial charge in [-0.3, -0.25) is 19.5 Å². The first-order valence-electron chi connectivity index (χ1n) is 9.63. The molecular formula is C21H21F4N3O2. The lowest BCUT2D eigenvalue weighted by atomic mass is 9.94. The summed E-state index contributed by atoms with van der Waals surface area (Å²) < 4.78 is 53.7. The van der Waals surface area contributed by atoms with Gasteiger partial charge >= 0.3 is 12.1 Å². The second-order valence-electron chi connectivity index (χ2n) is 7.18. The van der Waals surface area contributed by atoms with Gasteiger partial charge in [-0.2, -0.15) is 13.2 Å². The summed E-state index contributed by atoms with van der Waals surface area (Å²) in [7, 11) is 0. The lowest BCUT2D eigenvalue weighted by molar-refractivity contribution is -0.171. The summed E-state index contributed by atoms with van der Waals surface area (Å²) in [6, 6.07) is 4.96. The summed E-state index contributed by atoms with van der Waals surface area (Å²) in [5.74, 6) is -3.62. The van der Waals surface area contributed by atoms with Crippen molar-refractivity contribution >= 4 is 17.5 Å². The SMILES string of the molecule is O=C(NC1CCCCC1)[C@H](c1ccncc1)N(C(=O)C(F)(F)F)c1ccc(F)cc1. The Balaban J connectivity index is 2.04. The van der Waals surface area contributed by atoms with Crippen LogP contribution in [-0.4, -0.2) is 29.0 Å². The van der Waals surface area contributed by atoms with Crippen LogP contribution in [0, 0.1) is 5.82 Å². The van der Waals surface area contributed by atoms with Gasteiger partial charge in [0.25, 0.3) is 0 Å². The number of halogens is 4. The third kappa shape index (κ3) is 5.14. The lowest BCUT2D eigenvalue weighted by Gasteiger charge is -2.33. The number of aromatic nitrogens is 1. The number of pyridine rings is 1. The molecule has 1 atom stereocenters. The van der Waals surface area contributed by atoms with E-state index >= 15 is 0 Å². The van der Waals surface area contributed by atoms with E-state index in [2.05, 4.69) is 10.3 Å². The average molecular weight is 423 g/mol. The van der Waals surface area contributed by atoms with Crippen molar-refractivity contribution in [2.75, 3.05) is 4.90 Å². The molecule has 1 aromatic heterocycles. The first-order chi connectivity index (χ1) is 14.3. The maximum Gasteiger partial charge on any atom is 0.471 e. The molecule has 1 heterocycles. The Bertz CT molecular complexity index is 866. The highest BCUT2D eigenvalue weighted by molar-refractivity contribution is 6.03. The Hall–Kier alpha value is -2.97. The highest BCUT2D eigenvalue weighted by Crippen LogP contribution is 2.33. The van der Waals surface area contributed by atoms with Crippen LogP contribution in [0.4, 0.5) is 23.2 Å². The molecule has 1 aliphatic carbocycles. The van der Waals surface area contributed by atoms with Crippen molar-refractivity contribution in [2.24, 2.45) is 0 Å². The summed E-state index contributed by atoms with van der Waals surface area (Å²) in [5, 5.41) is 2.79. The number of nitrogens with zero attached hydrogens (tertiary/aromatic N) is 2. The number of rotatable bonds is 5. The van der Waals surface area contributed by atoms with Crippen LogP contribution in [0.3, 0.4) is 0 Å². The first kappa shape index (κ1) is 21.7. The minimum absolute atomic E-state index is 0.167. The molecule has 1 aromatic carbocycles. The quantitative estimate of drug-likeness (QED) is 0.730. The Morgan fingerprint density at radius 2 is 1.60 bits per heavy atom. The number of nitrogens with one attached hydrogen (secondary N) is 1. The zero-order chi connectivity index (χ0) is 21.7. The van der Waals surface area contributed by atoms with Crippen LogP contribution in [-0.2, 0) is 9.59 Å². The maximum atomic E-state index is 13.5. The number of carbonyl (C=O) groups excluding carboxylic acids is 2. The summed E-state index contributed by atoms with van der Waals surface area (Å²) in [6.45, 7) is 0. The van der Waals surface area contributed by atoms with Gasteiger partial charge in [-0.05, 0) is 54.8 Å². The zero-order valence-corrected chi connectivity index (χ0v) is 16.0. The van der Waals surface area contributed by atoms with E-state index in [1.807, 2.05) is 0 Å². The third-order valence-electron chi connectivity index (χ3n) is 5.05. The van der Waals surface area contributed by atoms with Crippen LogP contribution >= 0.6 is 0 Å². The summed E-state index contributed by atoms with van der Waals surface area (Å²) in [4.78, 5) is 29.7. The minimum Gasteiger partial charge on any atom is -0.351 e. The van der Waals surface area contributed by atoms with E-state index in [0.29, 0.717) is 4.90 Å². The number of alkyl halides is 3. The molecule has 1 aliphatic rings. The van der Waals surface area contributed by atoms with Crippen molar-refractivity contribution in [1.29, 1.82) is 0 Å². The van der Waals surface area contributed by atoms with E-state index < -0.39 is 29.8 Å². The van der Waals surface area contributed by atoms with Crippen LogP contribution < -0.4 is 10.2 Å². The van der Waals surface area contributed by atoms with Gasteiger partial charge in [0.05, 0.1) is 0 Å². The van der Waals surface area contributed by atoms with Crippen molar-refractivity contribution in [3.05, 3.63) is 60.2 Å². The molecule has 5 nitrogen and oxygen atoms in total. The second kappa shape index (κ2) is 9.23. The molecule has 1 fully saturated rings. The molecule has 0 spiro atoms. The number of hydrogen-bond donors (Lipinski definition) is 1. The summed E-state index contributed by atoms with van der Waals surface area (Å²) in [5.41, 5.74) is -0.0698. The molecule has 9 heteroatoms. The molecule has 2 aromatic rings. The van der Waals surface area contributed by atoms with E-state index in [9.17, 15) is 27.2 Å². The molecule has 2 amide bonds. The van der Waals surface area contributed by atoms with Crippen LogP contribution in [0.5, 0.6) is 0 Å². The molecule has 0 radical (unpaired) electrons. The standard InChI is InChI=1S/C21H21F4N3O2/c22-15-6-8-17(9-7-15)28(20(30)21(23,24)25)18(14-10-12-26-13-11-14)19(29)27-16-4-2-1-3-5-16/h6-13,16,18H,1-5H2,(H,27,29)/t18-/m0/s1. The topological polar surface area (TPSA) is 62.3 Å². The van der Waals surface area contributed by atoms with Gasteiger partial charge in [-0.15, -0.1) is 0 Å².